The van der Waals surface area contributed by atoms with Gasteiger partial charge in [-0.15, -0.1) is 0 Å². The molecular weight excluding hydrogens is 278 g/mol. The normalized spacial score (nSPS) is 27.7. The summed E-state index contributed by atoms with van der Waals surface area (Å²) in [4.78, 5) is 16.9. The zero-order valence-corrected chi connectivity index (χ0v) is 14.1. The number of aliphatic hydroxyl groups is 1. The quantitative estimate of drug-likeness (QED) is 0.691. The van der Waals surface area contributed by atoms with Crippen molar-refractivity contribution in [1.82, 2.24) is 15.1 Å². The lowest BCUT2D eigenvalue weighted by Crippen LogP contribution is -2.50. The summed E-state index contributed by atoms with van der Waals surface area (Å²) in [5.74, 6) is 1.03. The Kier molecular flexibility index (Phi) is 7.63. The predicted octanol–water partition coefficient (Wildman–Crippen LogP) is 1.07. The Balaban J connectivity index is 1.58. The number of carbonyl (C=O) groups excluding carboxylic acids is 1. The first-order valence-corrected chi connectivity index (χ1v) is 9.02. The van der Waals surface area contributed by atoms with Crippen molar-refractivity contribution >= 4 is 5.91 Å². The smallest absolute Gasteiger partial charge is 0.234 e. The second kappa shape index (κ2) is 9.48. The van der Waals surface area contributed by atoms with Crippen LogP contribution in [-0.2, 0) is 4.79 Å². The molecule has 2 rings (SSSR count). The van der Waals surface area contributed by atoms with Crippen molar-refractivity contribution in [2.75, 3.05) is 45.9 Å². The Morgan fingerprint density at radius 2 is 1.68 bits per heavy atom. The number of rotatable bonds is 7. The van der Waals surface area contributed by atoms with Gasteiger partial charge in [0.15, 0.2) is 0 Å². The van der Waals surface area contributed by atoms with E-state index >= 15 is 0 Å². The summed E-state index contributed by atoms with van der Waals surface area (Å²) in [7, 11) is 0. The molecule has 2 aliphatic rings. The maximum atomic E-state index is 12.2. The minimum Gasteiger partial charge on any atom is -0.396 e. The molecule has 0 atom stereocenters. The third-order valence-corrected chi connectivity index (χ3v) is 5.10. The van der Waals surface area contributed by atoms with Gasteiger partial charge in [-0.1, -0.05) is 6.92 Å². The Bertz CT molecular complexity index is 322. The van der Waals surface area contributed by atoms with Gasteiger partial charge in [-0.05, 0) is 51.0 Å². The maximum absolute atomic E-state index is 12.2. The number of amides is 1. The Hall–Kier alpha value is -0.650. The van der Waals surface area contributed by atoms with E-state index in [4.69, 9.17) is 5.11 Å². The zero-order valence-electron chi connectivity index (χ0n) is 14.1. The molecule has 1 heterocycles. The lowest BCUT2D eigenvalue weighted by molar-refractivity contribution is -0.123. The summed E-state index contributed by atoms with van der Waals surface area (Å²) >= 11 is 0. The third kappa shape index (κ3) is 6.23. The van der Waals surface area contributed by atoms with E-state index in [9.17, 15) is 4.79 Å². The van der Waals surface area contributed by atoms with E-state index in [0.29, 0.717) is 19.2 Å². The standard InChI is InChI=1S/C17H33N3O2/c1-15-4-6-16(7-5-15)18-17(22)14-20-11-9-19(10-12-20)8-2-3-13-21/h15-16,21H,2-14H2,1H3,(H,18,22). The molecule has 1 amide bonds. The molecule has 128 valence electrons. The van der Waals surface area contributed by atoms with Crippen LogP contribution >= 0.6 is 0 Å². The van der Waals surface area contributed by atoms with Crippen molar-refractivity contribution in [3.05, 3.63) is 0 Å². The first-order valence-electron chi connectivity index (χ1n) is 9.02. The van der Waals surface area contributed by atoms with Gasteiger partial charge >= 0.3 is 0 Å². The highest BCUT2D eigenvalue weighted by Crippen LogP contribution is 2.23. The zero-order chi connectivity index (χ0) is 15.8. The molecule has 1 aliphatic heterocycles. The fourth-order valence-corrected chi connectivity index (χ4v) is 3.50. The third-order valence-electron chi connectivity index (χ3n) is 5.10. The Morgan fingerprint density at radius 1 is 1.05 bits per heavy atom. The molecule has 2 fully saturated rings. The van der Waals surface area contributed by atoms with Crippen LogP contribution in [0.1, 0.15) is 45.4 Å². The number of nitrogens with zero attached hydrogens (tertiary/aromatic N) is 2. The molecule has 0 unspecified atom stereocenters. The van der Waals surface area contributed by atoms with Crippen molar-refractivity contribution in [3.63, 3.8) is 0 Å². The van der Waals surface area contributed by atoms with Gasteiger partial charge in [0.1, 0.15) is 0 Å². The summed E-state index contributed by atoms with van der Waals surface area (Å²) in [6.07, 6.45) is 6.74. The van der Waals surface area contributed by atoms with Crippen LogP contribution in [0.15, 0.2) is 0 Å². The van der Waals surface area contributed by atoms with Crippen LogP contribution in [0.3, 0.4) is 0 Å². The van der Waals surface area contributed by atoms with E-state index in [0.717, 1.165) is 64.3 Å². The lowest BCUT2D eigenvalue weighted by atomic mass is 9.87. The first kappa shape index (κ1) is 17.7. The Morgan fingerprint density at radius 3 is 2.32 bits per heavy atom. The van der Waals surface area contributed by atoms with Crippen molar-refractivity contribution in [1.29, 1.82) is 0 Å². The summed E-state index contributed by atoms with van der Waals surface area (Å²) in [5.41, 5.74) is 0. The van der Waals surface area contributed by atoms with E-state index in [1.54, 1.807) is 0 Å². The summed E-state index contributed by atoms with van der Waals surface area (Å²) in [6.45, 7) is 8.26. The van der Waals surface area contributed by atoms with Crippen molar-refractivity contribution in [2.45, 2.75) is 51.5 Å². The van der Waals surface area contributed by atoms with Crippen LogP contribution in [0.2, 0.25) is 0 Å². The molecule has 0 radical (unpaired) electrons. The molecule has 0 bridgehead atoms. The summed E-state index contributed by atoms with van der Waals surface area (Å²) in [5, 5.41) is 12.0. The topological polar surface area (TPSA) is 55.8 Å². The van der Waals surface area contributed by atoms with Gasteiger partial charge in [0, 0.05) is 38.8 Å². The van der Waals surface area contributed by atoms with Crippen LogP contribution < -0.4 is 5.32 Å². The number of unbranched alkanes of at least 4 members (excludes halogenated alkanes) is 1. The fraction of sp³-hybridized carbons (Fsp3) is 0.941. The van der Waals surface area contributed by atoms with Crippen LogP contribution in [0.4, 0.5) is 0 Å². The molecule has 0 spiro atoms. The molecule has 1 saturated heterocycles. The SMILES string of the molecule is CC1CCC(NC(=O)CN2CCN(CCCCO)CC2)CC1. The number of hydrogen-bond donors (Lipinski definition) is 2. The van der Waals surface area contributed by atoms with Gasteiger partial charge < -0.3 is 15.3 Å². The van der Waals surface area contributed by atoms with E-state index < -0.39 is 0 Å². The molecule has 0 aromatic rings. The van der Waals surface area contributed by atoms with E-state index in [2.05, 4.69) is 22.0 Å². The van der Waals surface area contributed by atoms with Gasteiger partial charge in [0.25, 0.3) is 0 Å². The molecule has 5 nitrogen and oxygen atoms in total. The monoisotopic (exact) mass is 311 g/mol. The molecule has 1 aliphatic carbocycles. The van der Waals surface area contributed by atoms with Gasteiger partial charge in [-0.25, -0.2) is 0 Å². The highest BCUT2D eigenvalue weighted by atomic mass is 16.2. The molecular formula is C17H33N3O2. The number of piperazine rings is 1. The first-order chi connectivity index (χ1) is 10.7. The largest absolute Gasteiger partial charge is 0.396 e. The minimum atomic E-state index is 0.202. The average Bonchev–Trinajstić information content (AvgIpc) is 2.51. The van der Waals surface area contributed by atoms with Gasteiger partial charge in [0.05, 0.1) is 6.54 Å². The number of carbonyl (C=O) groups is 1. The maximum Gasteiger partial charge on any atom is 0.234 e. The fourth-order valence-electron chi connectivity index (χ4n) is 3.50. The number of aliphatic hydroxyl groups excluding tert-OH is 1. The molecule has 0 aromatic carbocycles. The highest BCUT2D eigenvalue weighted by molar-refractivity contribution is 5.78. The minimum absolute atomic E-state index is 0.202. The second-order valence-corrected chi connectivity index (χ2v) is 7.07. The van der Waals surface area contributed by atoms with E-state index in [1.807, 2.05) is 0 Å². The van der Waals surface area contributed by atoms with Crippen molar-refractivity contribution in [2.24, 2.45) is 5.92 Å². The van der Waals surface area contributed by atoms with E-state index in [-0.39, 0.29) is 5.91 Å². The van der Waals surface area contributed by atoms with Gasteiger partial charge in [-0.3, -0.25) is 9.69 Å². The number of nitrogens with one attached hydrogen (secondary N) is 1. The Labute approximate surface area is 135 Å². The lowest BCUT2D eigenvalue weighted by Gasteiger charge is -2.35. The molecule has 5 heteroatoms. The predicted molar refractivity (Wildman–Crippen MR) is 88.8 cm³/mol. The second-order valence-electron chi connectivity index (χ2n) is 7.07. The molecule has 1 saturated carbocycles. The van der Waals surface area contributed by atoms with Gasteiger partial charge in [-0.2, -0.15) is 0 Å². The molecule has 22 heavy (non-hydrogen) atoms. The van der Waals surface area contributed by atoms with Crippen LogP contribution in [0.25, 0.3) is 0 Å². The molecule has 2 N–H and O–H groups in total. The van der Waals surface area contributed by atoms with Crippen molar-refractivity contribution in [3.8, 4) is 0 Å². The molecule has 0 aromatic heterocycles. The average molecular weight is 311 g/mol. The van der Waals surface area contributed by atoms with E-state index in [1.165, 1.54) is 12.8 Å². The number of hydrogen-bond acceptors (Lipinski definition) is 4. The van der Waals surface area contributed by atoms with Crippen LogP contribution in [0, 0.1) is 5.92 Å². The highest BCUT2D eigenvalue weighted by Gasteiger charge is 2.22. The van der Waals surface area contributed by atoms with Crippen molar-refractivity contribution < 1.29 is 9.90 Å². The van der Waals surface area contributed by atoms with Crippen LogP contribution in [0.5, 0.6) is 0 Å². The summed E-state index contributed by atoms with van der Waals surface area (Å²) < 4.78 is 0. The van der Waals surface area contributed by atoms with Crippen LogP contribution in [-0.4, -0.2) is 72.7 Å². The van der Waals surface area contributed by atoms with Gasteiger partial charge in [0.2, 0.25) is 5.91 Å². The summed E-state index contributed by atoms with van der Waals surface area (Å²) in [6, 6.07) is 0.406.